The number of hydrogen-bond donors (Lipinski definition) is 1. The fourth-order valence-electron chi connectivity index (χ4n) is 2.75. The molecule has 2 heterocycles. The molecule has 0 radical (unpaired) electrons. The maximum atomic E-state index is 5.72. The smallest absolute Gasteiger partial charge is 0.228 e. The van der Waals surface area contributed by atoms with Crippen molar-refractivity contribution in [2.24, 2.45) is 0 Å². The van der Waals surface area contributed by atoms with E-state index in [2.05, 4.69) is 29.3 Å². The van der Waals surface area contributed by atoms with Crippen molar-refractivity contribution < 1.29 is 9.26 Å². The second-order valence-corrected chi connectivity index (χ2v) is 5.54. The van der Waals surface area contributed by atoms with Crippen LogP contribution in [0.2, 0.25) is 0 Å². The van der Waals surface area contributed by atoms with Crippen LogP contribution in [0.3, 0.4) is 0 Å². The summed E-state index contributed by atoms with van der Waals surface area (Å²) in [6.45, 7) is 6.17. The zero-order valence-electron chi connectivity index (χ0n) is 12.7. The van der Waals surface area contributed by atoms with Crippen molar-refractivity contribution in [3.05, 3.63) is 11.7 Å². The summed E-state index contributed by atoms with van der Waals surface area (Å²) in [7, 11) is 0. The molecule has 1 N–H and O–H groups in total. The monoisotopic (exact) mass is 281 g/mol. The summed E-state index contributed by atoms with van der Waals surface area (Å²) in [5.41, 5.74) is 0. The second kappa shape index (κ2) is 8.37. The van der Waals surface area contributed by atoms with E-state index in [-0.39, 0.29) is 6.10 Å². The van der Waals surface area contributed by atoms with E-state index in [0.29, 0.717) is 6.04 Å². The van der Waals surface area contributed by atoms with Gasteiger partial charge in [0, 0.05) is 25.5 Å². The van der Waals surface area contributed by atoms with E-state index in [9.17, 15) is 0 Å². The Bertz CT molecular complexity index is 369. The fourth-order valence-corrected chi connectivity index (χ4v) is 2.75. The van der Waals surface area contributed by atoms with Crippen LogP contribution in [-0.4, -0.2) is 35.4 Å². The van der Waals surface area contributed by atoms with Crippen molar-refractivity contribution in [2.45, 2.75) is 70.9 Å². The Labute approximate surface area is 121 Å². The third-order valence-corrected chi connectivity index (χ3v) is 3.75. The Balaban J connectivity index is 1.83. The first-order valence-electron chi connectivity index (χ1n) is 7.98. The normalized spacial score (nSPS) is 21.0. The molecule has 2 unspecified atom stereocenters. The molecule has 20 heavy (non-hydrogen) atoms. The minimum atomic E-state index is 0.273. The van der Waals surface area contributed by atoms with Crippen LogP contribution in [0.25, 0.3) is 0 Å². The predicted octanol–water partition coefficient (Wildman–Crippen LogP) is 2.50. The second-order valence-electron chi connectivity index (χ2n) is 5.54. The summed E-state index contributed by atoms with van der Waals surface area (Å²) in [4.78, 5) is 4.51. The number of hydrogen-bond acceptors (Lipinski definition) is 5. The molecule has 5 heteroatoms. The van der Waals surface area contributed by atoms with Crippen LogP contribution >= 0.6 is 0 Å². The summed E-state index contributed by atoms with van der Waals surface area (Å²) in [5.74, 6) is 1.54. The molecule has 2 atom stereocenters. The minimum Gasteiger partial charge on any atom is -0.378 e. The summed E-state index contributed by atoms with van der Waals surface area (Å²) >= 11 is 0. The maximum Gasteiger partial charge on any atom is 0.228 e. The molecule has 1 saturated heterocycles. The van der Waals surface area contributed by atoms with Crippen LogP contribution in [0.4, 0.5) is 0 Å². The molecule has 0 bridgehead atoms. The number of nitrogens with one attached hydrogen (secondary N) is 1. The predicted molar refractivity (Wildman–Crippen MR) is 77.7 cm³/mol. The average molecular weight is 281 g/mol. The first kappa shape index (κ1) is 15.4. The highest BCUT2D eigenvalue weighted by molar-refractivity contribution is 4.92. The van der Waals surface area contributed by atoms with Gasteiger partial charge < -0.3 is 14.6 Å². The van der Waals surface area contributed by atoms with Gasteiger partial charge in [0.1, 0.15) is 0 Å². The van der Waals surface area contributed by atoms with Gasteiger partial charge in [-0.2, -0.15) is 4.98 Å². The molecule has 114 valence electrons. The van der Waals surface area contributed by atoms with Crippen molar-refractivity contribution in [3.63, 3.8) is 0 Å². The van der Waals surface area contributed by atoms with Gasteiger partial charge >= 0.3 is 0 Å². The van der Waals surface area contributed by atoms with Crippen molar-refractivity contribution in [1.29, 1.82) is 0 Å². The molecule has 1 aliphatic rings. The Hall–Kier alpha value is -0.940. The lowest BCUT2D eigenvalue weighted by molar-refractivity contribution is 0.0153. The van der Waals surface area contributed by atoms with Crippen LogP contribution in [0.1, 0.15) is 57.7 Å². The molecule has 0 amide bonds. The van der Waals surface area contributed by atoms with E-state index in [0.717, 1.165) is 57.0 Å². The van der Waals surface area contributed by atoms with Gasteiger partial charge in [-0.25, -0.2) is 0 Å². The highest BCUT2D eigenvalue weighted by Gasteiger charge is 2.18. The molecule has 5 nitrogen and oxygen atoms in total. The molecule has 1 fully saturated rings. The van der Waals surface area contributed by atoms with Crippen LogP contribution in [0.15, 0.2) is 4.52 Å². The van der Waals surface area contributed by atoms with Crippen molar-refractivity contribution in [2.75, 3.05) is 13.2 Å². The number of likely N-dealkylation sites (N-methyl/N-ethyl adjacent to an activating group) is 1. The fraction of sp³-hybridized carbons (Fsp3) is 0.867. The van der Waals surface area contributed by atoms with Gasteiger partial charge in [0.15, 0.2) is 5.82 Å². The third kappa shape index (κ3) is 4.87. The molecule has 0 aliphatic carbocycles. The highest BCUT2D eigenvalue weighted by Crippen LogP contribution is 2.16. The number of aromatic nitrogens is 2. The number of rotatable bonds is 8. The average Bonchev–Trinajstić information content (AvgIpc) is 2.88. The molecule has 2 rings (SSSR count). The Morgan fingerprint density at radius 3 is 2.95 bits per heavy atom. The standard InChI is InChI=1S/C15H27N3O2/c1-3-7-12(16-4-2)10-15-17-14(18-20-15)11-13-8-5-6-9-19-13/h12-13,16H,3-11H2,1-2H3. The molecular formula is C15H27N3O2. The SMILES string of the molecule is CCCC(Cc1nc(CC2CCCCO2)no1)NCC. The Morgan fingerprint density at radius 2 is 2.25 bits per heavy atom. The molecular weight excluding hydrogens is 254 g/mol. The van der Waals surface area contributed by atoms with Crippen LogP contribution < -0.4 is 5.32 Å². The largest absolute Gasteiger partial charge is 0.378 e. The lowest BCUT2D eigenvalue weighted by Crippen LogP contribution is -2.30. The minimum absolute atomic E-state index is 0.273. The molecule has 0 saturated carbocycles. The van der Waals surface area contributed by atoms with Crippen LogP contribution in [0.5, 0.6) is 0 Å². The van der Waals surface area contributed by atoms with E-state index in [1.807, 2.05) is 0 Å². The van der Waals surface area contributed by atoms with E-state index in [1.165, 1.54) is 12.8 Å². The van der Waals surface area contributed by atoms with Gasteiger partial charge in [-0.15, -0.1) is 0 Å². The molecule has 0 aromatic carbocycles. The molecule has 0 spiro atoms. The van der Waals surface area contributed by atoms with Crippen molar-refractivity contribution >= 4 is 0 Å². The van der Waals surface area contributed by atoms with Crippen LogP contribution in [-0.2, 0) is 17.6 Å². The quantitative estimate of drug-likeness (QED) is 0.793. The topological polar surface area (TPSA) is 60.2 Å². The van der Waals surface area contributed by atoms with Gasteiger partial charge in [-0.3, -0.25) is 0 Å². The summed E-state index contributed by atoms with van der Waals surface area (Å²) in [6.07, 6.45) is 7.70. The van der Waals surface area contributed by atoms with Gasteiger partial charge in [-0.1, -0.05) is 25.4 Å². The van der Waals surface area contributed by atoms with Gasteiger partial charge in [0.2, 0.25) is 5.89 Å². The van der Waals surface area contributed by atoms with Crippen molar-refractivity contribution in [3.8, 4) is 0 Å². The van der Waals surface area contributed by atoms with E-state index < -0.39 is 0 Å². The van der Waals surface area contributed by atoms with Gasteiger partial charge in [0.05, 0.1) is 6.10 Å². The number of nitrogens with zero attached hydrogens (tertiary/aromatic N) is 2. The molecule has 1 aromatic heterocycles. The lowest BCUT2D eigenvalue weighted by atomic mass is 10.1. The first-order valence-corrected chi connectivity index (χ1v) is 7.98. The lowest BCUT2D eigenvalue weighted by Gasteiger charge is -2.20. The first-order chi connectivity index (χ1) is 9.81. The Kier molecular flexibility index (Phi) is 6.47. The summed E-state index contributed by atoms with van der Waals surface area (Å²) in [6, 6.07) is 0.434. The van der Waals surface area contributed by atoms with E-state index in [4.69, 9.17) is 9.26 Å². The molecule has 1 aromatic rings. The number of ether oxygens (including phenoxy) is 1. The molecule has 1 aliphatic heterocycles. The zero-order chi connectivity index (χ0) is 14.2. The highest BCUT2D eigenvalue weighted by atomic mass is 16.5. The van der Waals surface area contributed by atoms with Crippen LogP contribution in [0, 0.1) is 0 Å². The van der Waals surface area contributed by atoms with Crippen molar-refractivity contribution in [1.82, 2.24) is 15.5 Å². The summed E-state index contributed by atoms with van der Waals surface area (Å²) in [5, 5.41) is 7.56. The Morgan fingerprint density at radius 1 is 1.35 bits per heavy atom. The maximum absolute atomic E-state index is 5.72. The van der Waals surface area contributed by atoms with Gasteiger partial charge in [-0.05, 0) is 32.2 Å². The van der Waals surface area contributed by atoms with Gasteiger partial charge in [0.25, 0.3) is 0 Å². The third-order valence-electron chi connectivity index (χ3n) is 3.75. The summed E-state index contributed by atoms with van der Waals surface area (Å²) < 4.78 is 11.1. The van der Waals surface area contributed by atoms with E-state index >= 15 is 0 Å². The zero-order valence-corrected chi connectivity index (χ0v) is 12.7. The van der Waals surface area contributed by atoms with E-state index in [1.54, 1.807) is 0 Å².